The smallest absolute Gasteiger partial charge is 0.191 e. The molecule has 0 aliphatic rings. The zero-order valence-corrected chi connectivity index (χ0v) is 8.99. The van der Waals surface area contributed by atoms with E-state index in [9.17, 15) is 0 Å². The molecule has 2 N–H and O–H groups in total. The van der Waals surface area contributed by atoms with Crippen LogP contribution in [0.1, 0.15) is 5.76 Å². The highest BCUT2D eigenvalue weighted by atomic mass is 16.3. The van der Waals surface area contributed by atoms with E-state index in [1.807, 2.05) is 12.1 Å². The van der Waals surface area contributed by atoms with Crippen LogP contribution < -0.4 is 10.6 Å². The molecule has 0 radical (unpaired) electrons. The van der Waals surface area contributed by atoms with E-state index in [1.54, 1.807) is 19.4 Å². The van der Waals surface area contributed by atoms with Gasteiger partial charge in [-0.05, 0) is 12.1 Å². The third-order valence-electron chi connectivity index (χ3n) is 1.88. The average Bonchev–Trinajstić information content (AvgIpc) is 2.76. The summed E-state index contributed by atoms with van der Waals surface area (Å²) >= 11 is 0. The summed E-state index contributed by atoms with van der Waals surface area (Å²) in [5.41, 5.74) is 0. The summed E-state index contributed by atoms with van der Waals surface area (Å²) in [5.74, 6) is 1.75. The van der Waals surface area contributed by atoms with Gasteiger partial charge in [0.05, 0.1) is 6.26 Å². The minimum atomic E-state index is 0.709. The lowest BCUT2D eigenvalue weighted by Gasteiger charge is -2.09. The van der Waals surface area contributed by atoms with Crippen LogP contribution in [-0.4, -0.2) is 26.1 Å². The number of nitrogens with zero attached hydrogens (tertiary/aromatic N) is 1. The fourth-order valence-corrected chi connectivity index (χ4v) is 1.15. The molecule has 0 atom stereocenters. The first-order valence-corrected chi connectivity index (χ1v) is 4.94. The maximum Gasteiger partial charge on any atom is 0.191 e. The van der Waals surface area contributed by atoms with E-state index in [-0.39, 0.29) is 0 Å². The Hall–Kier alpha value is -1.71. The molecule has 1 aromatic rings. The standard InChI is InChI=1S/C11H17N3O/c1-3-7-13-11(12-2)14-8-6-10-5-4-9-15-10/h3-5,9H,1,6-8H2,2H3,(H2,12,13,14). The highest BCUT2D eigenvalue weighted by molar-refractivity contribution is 5.79. The van der Waals surface area contributed by atoms with Crippen molar-refractivity contribution in [1.82, 2.24) is 10.6 Å². The van der Waals surface area contributed by atoms with Gasteiger partial charge >= 0.3 is 0 Å². The van der Waals surface area contributed by atoms with Gasteiger partial charge in [-0.15, -0.1) is 6.58 Å². The average molecular weight is 207 g/mol. The molecule has 4 heteroatoms. The summed E-state index contributed by atoms with van der Waals surface area (Å²) in [6.07, 6.45) is 4.32. The first-order chi connectivity index (χ1) is 7.36. The number of rotatable bonds is 5. The molecule has 0 spiro atoms. The molecule has 0 unspecified atom stereocenters. The van der Waals surface area contributed by atoms with Crippen molar-refractivity contribution in [3.05, 3.63) is 36.8 Å². The predicted molar refractivity (Wildman–Crippen MR) is 62.0 cm³/mol. The van der Waals surface area contributed by atoms with E-state index in [0.717, 1.165) is 24.7 Å². The Morgan fingerprint density at radius 2 is 2.47 bits per heavy atom. The van der Waals surface area contributed by atoms with E-state index in [0.29, 0.717) is 6.54 Å². The summed E-state index contributed by atoms with van der Waals surface area (Å²) in [7, 11) is 1.74. The lowest BCUT2D eigenvalue weighted by Crippen LogP contribution is -2.38. The summed E-state index contributed by atoms with van der Waals surface area (Å²) in [5, 5.41) is 6.26. The highest BCUT2D eigenvalue weighted by Crippen LogP contribution is 1.99. The molecule has 82 valence electrons. The maximum absolute atomic E-state index is 5.21. The third kappa shape index (κ3) is 4.35. The second-order valence-corrected chi connectivity index (χ2v) is 3.00. The van der Waals surface area contributed by atoms with E-state index in [4.69, 9.17) is 4.42 Å². The van der Waals surface area contributed by atoms with Crippen molar-refractivity contribution in [2.24, 2.45) is 4.99 Å². The van der Waals surface area contributed by atoms with Crippen molar-refractivity contribution in [2.45, 2.75) is 6.42 Å². The van der Waals surface area contributed by atoms with Gasteiger partial charge in [0, 0.05) is 26.6 Å². The molecule has 0 saturated carbocycles. The van der Waals surface area contributed by atoms with Gasteiger partial charge in [0.25, 0.3) is 0 Å². The number of hydrogen-bond donors (Lipinski definition) is 2. The van der Waals surface area contributed by atoms with Crippen LogP contribution >= 0.6 is 0 Å². The van der Waals surface area contributed by atoms with Gasteiger partial charge in [0.2, 0.25) is 0 Å². The van der Waals surface area contributed by atoms with Crippen molar-refractivity contribution in [2.75, 3.05) is 20.1 Å². The molecule has 1 rings (SSSR count). The van der Waals surface area contributed by atoms with Crippen LogP contribution in [0.5, 0.6) is 0 Å². The molecule has 0 bridgehead atoms. The lowest BCUT2D eigenvalue weighted by atomic mass is 10.3. The lowest BCUT2D eigenvalue weighted by molar-refractivity contribution is 0.507. The number of furan rings is 1. The molecular weight excluding hydrogens is 190 g/mol. The Morgan fingerprint density at radius 3 is 3.07 bits per heavy atom. The minimum absolute atomic E-state index is 0.709. The molecule has 1 heterocycles. The first kappa shape index (κ1) is 11.4. The van der Waals surface area contributed by atoms with Crippen LogP contribution in [0.25, 0.3) is 0 Å². The highest BCUT2D eigenvalue weighted by Gasteiger charge is 1.97. The van der Waals surface area contributed by atoms with Gasteiger partial charge in [-0.2, -0.15) is 0 Å². The van der Waals surface area contributed by atoms with Gasteiger partial charge in [-0.1, -0.05) is 6.08 Å². The second kappa shape index (κ2) is 6.70. The van der Waals surface area contributed by atoms with Gasteiger partial charge in [-0.25, -0.2) is 0 Å². The normalized spacial score (nSPS) is 11.1. The maximum atomic E-state index is 5.21. The molecule has 0 aliphatic carbocycles. The molecule has 4 nitrogen and oxygen atoms in total. The largest absolute Gasteiger partial charge is 0.469 e. The fraction of sp³-hybridized carbons (Fsp3) is 0.364. The quantitative estimate of drug-likeness (QED) is 0.433. The second-order valence-electron chi connectivity index (χ2n) is 3.00. The van der Waals surface area contributed by atoms with Gasteiger partial charge in [0.15, 0.2) is 5.96 Å². The Balaban J connectivity index is 2.20. The zero-order chi connectivity index (χ0) is 10.9. The number of guanidine groups is 1. The van der Waals surface area contributed by atoms with Crippen molar-refractivity contribution in [3.8, 4) is 0 Å². The summed E-state index contributed by atoms with van der Waals surface area (Å²) in [4.78, 5) is 4.06. The summed E-state index contributed by atoms with van der Waals surface area (Å²) < 4.78 is 5.21. The molecule has 0 fully saturated rings. The van der Waals surface area contributed by atoms with Crippen LogP contribution in [0.3, 0.4) is 0 Å². The van der Waals surface area contributed by atoms with Crippen LogP contribution in [0.2, 0.25) is 0 Å². The molecule has 0 aliphatic heterocycles. The Bertz CT molecular complexity index is 304. The third-order valence-corrected chi connectivity index (χ3v) is 1.88. The molecular formula is C11H17N3O. The summed E-state index contributed by atoms with van der Waals surface area (Å²) in [6.45, 7) is 5.13. The van der Waals surface area contributed by atoms with Crippen molar-refractivity contribution >= 4 is 5.96 Å². The van der Waals surface area contributed by atoms with Crippen LogP contribution in [0.15, 0.2) is 40.5 Å². The van der Waals surface area contributed by atoms with Gasteiger partial charge in [0.1, 0.15) is 5.76 Å². The van der Waals surface area contributed by atoms with Crippen LogP contribution in [0, 0.1) is 0 Å². The number of hydrogen-bond acceptors (Lipinski definition) is 2. The molecule has 15 heavy (non-hydrogen) atoms. The predicted octanol–water partition coefficient (Wildman–Crippen LogP) is 1.17. The summed E-state index contributed by atoms with van der Waals surface area (Å²) in [6, 6.07) is 3.85. The topological polar surface area (TPSA) is 49.6 Å². The Kier molecular flexibility index (Phi) is 5.08. The van der Waals surface area contributed by atoms with Crippen LogP contribution in [-0.2, 0) is 6.42 Å². The molecule has 0 saturated heterocycles. The van der Waals surface area contributed by atoms with Crippen molar-refractivity contribution < 1.29 is 4.42 Å². The number of aliphatic imine (C=N–C) groups is 1. The Morgan fingerprint density at radius 1 is 1.60 bits per heavy atom. The van der Waals surface area contributed by atoms with Gasteiger partial charge in [-0.3, -0.25) is 4.99 Å². The Labute approximate surface area is 90.1 Å². The van der Waals surface area contributed by atoms with E-state index in [1.165, 1.54) is 0 Å². The van der Waals surface area contributed by atoms with E-state index in [2.05, 4.69) is 22.2 Å². The molecule has 1 aromatic heterocycles. The van der Waals surface area contributed by atoms with Crippen LogP contribution in [0.4, 0.5) is 0 Å². The number of nitrogens with one attached hydrogen (secondary N) is 2. The fourth-order valence-electron chi connectivity index (χ4n) is 1.15. The first-order valence-electron chi connectivity index (χ1n) is 4.94. The molecule has 0 amide bonds. The zero-order valence-electron chi connectivity index (χ0n) is 8.99. The monoisotopic (exact) mass is 207 g/mol. The minimum Gasteiger partial charge on any atom is -0.469 e. The molecule has 0 aromatic carbocycles. The van der Waals surface area contributed by atoms with Crippen molar-refractivity contribution in [1.29, 1.82) is 0 Å². The van der Waals surface area contributed by atoms with E-state index < -0.39 is 0 Å². The van der Waals surface area contributed by atoms with Gasteiger partial charge < -0.3 is 15.1 Å². The SMILES string of the molecule is C=CCNC(=NC)NCCc1ccco1. The van der Waals surface area contributed by atoms with Crippen molar-refractivity contribution in [3.63, 3.8) is 0 Å². The van der Waals surface area contributed by atoms with E-state index >= 15 is 0 Å².